The van der Waals surface area contributed by atoms with E-state index in [-0.39, 0.29) is 18.1 Å². The predicted molar refractivity (Wildman–Crippen MR) is 122 cm³/mol. The number of carbonyl (C=O) groups excluding carboxylic acids is 4. The lowest BCUT2D eigenvalue weighted by atomic mass is 10.0. The molecule has 4 atom stereocenters. The normalized spacial score (nSPS) is 14.8. The van der Waals surface area contributed by atoms with Crippen molar-refractivity contribution in [3.05, 3.63) is 0 Å². The predicted octanol–water partition coefficient (Wildman–Crippen LogP) is -1.54. The molecule has 178 valence electrons. The number of carbonyl (C=O) groups is 5. The van der Waals surface area contributed by atoms with Gasteiger partial charge in [0, 0.05) is 5.75 Å². The van der Waals surface area contributed by atoms with Gasteiger partial charge in [-0.3, -0.25) is 19.2 Å². The smallest absolute Gasteiger partial charge is 0.327 e. The Labute approximate surface area is 191 Å². The van der Waals surface area contributed by atoms with Crippen LogP contribution in [0.2, 0.25) is 0 Å². The van der Waals surface area contributed by atoms with Crippen LogP contribution < -0.4 is 27.4 Å². The average Bonchev–Trinajstić information content (AvgIpc) is 2.66. The molecule has 0 fully saturated rings. The summed E-state index contributed by atoms with van der Waals surface area (Å²) >= 11 is 5.31. The molecule has 0 aromatic rings. The number of carboxylic acid groups (broad SMARTS) is 1. The molecule has 0 aromatic carbocycles. The molecule has 0 radical (unpaired) electrons. The first-order valence-electron chi connectivity index (χ1n) is 9.70. The molecule has 0 rings (SSSR count). The summed E-state index contributed by atoms with van der Waals surface area (Å²) in [6.07, 6.45) is 1.96. The monoisotopic (exact) mass is 479 g/mol. The third kappa shape index (κ3) is 11.8. The third-order valence-electron chi connectivity index (χ3n) is 4.14. The Morgan fingerprint density at radius 3 is 1.94 bits per heavy atom. The molecule has 0 saturated carbocycles. The van der Waals surface area contributed by atoms with Gasteiger partial charge < -0.3 is 32.5 Å². The maximum absolute atomic E-state index is 12.8. The average molecular weight is 480 g/mol. The van der Waals surface area contributed by atoms with Crippen LogP contribution in [0, 0.1) is 5.92 Å². The van der Waals surface area contributed by atoms with Crippen LogP contribution in [0.3, 0.4) is 0 Å². The highest BCUT2D eigenvalue weighted by atomic mass is 32.2. The second-order valence-corrected chi connectivity index (χ2v) is 8.74. The van der Waals surface area contributed by atoms with Crippen molar-refractivity contribution in [3.8, 4) is 0 Å². The molecule has 0 aliphatic heterocycles. The maximum Gasteiger partial charge on any atom is 0.327 e. The summed E-state index contributed by atoms with van der Waals surface area (Å²) in [7, 11) is 0. The van der Waals surface area contributed by atoms with Crippen LogP contribution in [0.15, 0.2) is 0 Å². The molecule has 4 unspecified atom stereocenters. The van der Waals surface area contributed by atoms with Gasteiger partial charge >= 0.3 is 5.97 Å². The van der Waals surface area contributed by atoms with Crippen molar-refractivity contribution < 1.29 is 29.1 Å². The van der Waals surface area contributed by atoms with Crippen LogP contribution in [0.1, 0.15) is 33.1 Å². The van der Waals surface area contributed by atoms with E-state index in [0.29, 0.717) is 12.2 Å². The molecular formula is C18H33N5O6S2. The lowest BCUT2D eigenvalue weighted by Gasteiger charge is -2.24. The van der Waals surface area contributed by atoms with Crippen molar-refractivity contribution in [2.75, 3.05) is 17.8 Å². The zero-order valence-electron chi connectivity index (χ0n) is 17.9. The van der Waals surface area contributed by atoms with Crippen molar-refractivity contribution in [1.82, 2.24) is 16.0 Å². The third-order valence-corrected chi connectivity index (χ3v) is 5.15. The Kier molecular flexibility index (Phi) is 14.0. The van der Waals surface area contributed by atoms with Gasteiger partial charge in [-0.1, -0.05) is 13.8 Å². The molecule has 0 saturated heterocycles. The minimum absolute atomic E-state index is 0.178. The first-order chi connectivity index (χ1) is 14.4. The van der Waals surface area contributed by atoms with Crippen molar-refractivity contribution in [3.63, 3.8) is 0 Å². The fourth-order valence-corrected chi connectivity index (χ4v) is 3.26. The zero-order chi connectivity index (χ0) is 24.1. The molecule has 0 spiro atoms. The fourth-order valence-electron chi connectivity index (χ4n) is 2.54. The van der Waals surface area contributed by atoms with Crippen LogP contribution in [0.25, 0.3) is 0 Å². The summed E-state index contributed by atoms with van der Waals surface area (Å²) < 4.78 is 0. The van der Waals surface area contributed by atoms with Crippen molar-refractivity contribution >= 4 is 54.0 Å². The topological polar surface area (TPSA) is 194 Å². The Morgan fingerprint density at radius 2 is 1.48 bits per heavy atom. The van der Waals surface area contributed by atoms with Gasteiger partial charge in [-0.25, -0.2) is 4.79 Å². The first kappa shape index (κ1) is 29.0. The van der Waals surface area contributed by atoms with Crippen molar-refractivity contribution in [2.45, 2.75) is 57.3 Å². The molecule has 31 heavy (non-hydrogen) atoms. The molecule has 0 heterocycles. The highest BCUT2D eigenvalue weighted by molar-refractivity contribution is 7.98. The van der Waals surface area contributed by atoms with Gasteiger partial charge in [-0.2, -0.15) is 24.4 Å². The van der Waals surface area contributed by atoms with Crippen molar-refractivity contribution in [2.24, 2.45) is 17.4 Å². The minimum Gasteiger partial charge on any atom is -0.480 e. The molecule has 11 nitrogen and oxygen atoms in total. The molecule has 0 aliphatic rings. The maximum atomic E-state index is 12.8. The Balaban J connectivity index is 5.38. The van der Waals surface area contributed by atoms with E-state index in [0.717, 1.165) is 0 Å². The number of amides is 4. The number of nitrogens with two attached hydrogens (primary N) is 2. The lowest BCUT2D eigenvalue weighted by molar-refractivity contribution is -0.141. The second kappa shape index (κ2) is 14.9. The second-order valence-electron chi connectivity index (χ2n) is 7.39. The van der Waals surface area contributed by atoms with E-state index in [1.54, 1.807) is 0 Å². The number of aliphatic carboxylic acids is 1. The van der Waals surface area contributed by atoms with E-state index >= 15 is 0 Å². The Bertz CT molecular complexity index is 649. The number of nitrogens with one attached hydrogen (secondary N) is 3. The lowest BCUT2D eigenvalue weighted by Crippen LogP contribution is -2.58. The molecule has 4 amide bonds. The summed E-state index contributed by atoms with van der Waals surface area (Å²) in [5.41, 5.74) is 11.0. The minimum atomic E-state index is -1.41. The number of hydrogen-bond donors (Lipinski definition) is 7. The Hall–Kier alpha value is -1.99. The van der Waals surface area contributed by atoms with E-state index in [1.807, 2.05) is 20.1 Å². The van der Waals surface area contributed by atoms with E-state index in [4.69, 9.17) is 16.6 Å². The van der Waals surface area contributed by atoms with Crippen LogP contribution in [0.5, 0.6) is 0 Å². The summed E-state index contributed by atoms with van der Waals surface area (Å²) in [6.45, 7) is 3.82. The standard InChI is InChI=1S/C18H33N5O6S2/c1-9(2)6-10(19)15(25)21-11(4-5-31-3)16(26)22-12(7-14(20)24)17(27)23-13(8-30)18(28)29/h9-13,30H,4-8,19H2,1-3H3,(H2,20,24)(H,21,25)(H,22,26)(H,23,27)(H,28,29). The van der Waals surface area contributed by atoms with Gasteiger partial charge in [0.1, 0.15) is 18.1 Å². The highest BCUT2D eigenvalue weighted by Crippen LogP contribution is 2.06. The summed E-state index contributed by atoms with van der Waals surface area (Å²) in [4.78, 5) is 60.1. The molecule has 13 heteroatoms. The van der Waals surface area contributed by atoms with Crippen LogP contribution >= 0.6 is 24.4 Å². The van der Waals surface area contributed by atoms with Crippen LogP contribution in [-0.4, -0.2) is 76.6 Å². The number of thioether (sulfide) groups is 1. The van der Waals surface area contributed by atoms with Crippen LogP contribution in [0.4, 0.5) is 0 Å². The van der Waals surface area contributed by atoms with E-state index in [1.165, 1.54) is 11.8 Å². The van der Waals surface area contributed by atoms with E-state index < -0.39 is 60.2 Å². The van der Waals surface area contributed by atoms with Gasteiger partial charge in [0.15, 0.2) is 0 Å². The summed E-state index contributed by atoms with van der Waals surface area (Å²) in [6, 6.07) is -4.53. The zero-order valence-corrected chi connectivity index (χ0v) is 19.6. The fraction of sp³-hybridized carbons (Fsp3) is 0.722. The Morgan fingerprint density at radius 1 is 0.968 bits per heavy atom. The highest BCUT2D eigenvalue weighted by Gasteiger charge is 2.30. The van der Waals surface area contributed by atoms with Gasteiger partial charge in [0.2, 0.25) is 23.6 Å². The van der Waals surface area contributed by atoms with Crippen LogP contribution in [-0.2, 0) is 24.0 Å². The largest absolute Gasteiger partial charge is 0.480 e. The SMILES string of the molecule is CSCCC(NC(=O)C(N)CC(C)C)C(=O)NC(CC(N)=O)C(=O)NC(CS)C(=O)O. The number of hydrogen-bond acceptors (Lipinski definition) is 8. The van der Waals surface area contributed by atoms with Gasteiger partial charge in [-0.15, -0.1) is 0 Å². The number of primary amides is 1. The summed E-state index contributed by atoms with van der Waals surface area (Å²) in [5.74, 6) is -3.80. The number of rotatable bonds is 15. The first-order valence-corrected chi connectivity index (χ1v) is 11.7. The van der Waals surface area contributed by atoms with Gasteiger partial charge in [0.05, 0.1) is 12.5 Å². The molecule has 0 aromatic heterocycles. The van der Waals surface area contributed by atoms with Crippen molar-refractivity contribution in [1.29, 1.82) is 0 Å². The van der Waals surface area contributed by atoms with E-state index in [2.05, 4.69) is 28.6 Å². The molecule has 8 N–H and O–H groups in total. The van der Waals surface area contributed by atoms with Gasteiger partial charge in [0.25, 0.3) is 0 Å². The van der Waals surface area contributed by atoms with E-state index in [9.17, 15) is 24.0 Å². The number of carboxylic acids is 1. The summed E-state index contributed by atoms with van der Waals surface area (Å²) in [5, 5.41) is 16.2. The number of thiol groups is 1. The quantitative estimate of drug-likeness (QED) is 0.137. The van der Waals surface area contributed by atoms with Gasteiger partial charge in [-0.05, 0) is 30.8 Å². The molecule has 0 aliphatic carbocycles. The molecule has 0 bridgehead atoms. The molecular weight excluding hydrogens is 446 g/mol.